The van der Waals surface area contributed by atoms with Crippen LogP contribution in [-0.2, 0) is 0 Å². The molecule has 2 unspecified atom stereocenters. The number of nitrogens with zero attached hydrogens (tertiary/aromatic N) is 2. The van der Waals surface area contributed by atoms with Gasteiger partial charge in [0.2, 0.25) is 0 Å². The molecule has 0 saturated carbocycles. The van der Waals surface area contributed by atoms with Crippen LogP contribution in [0.15, 0.2) is 30.5 Å². The first kappa shape index (κ1) is 13.0. The average Bonchev–Trinajstić information content (AvgIpc) is 2.45. The van der Waals surface area contributed by atoms with Crippen molar-refractivity contribution in [3.8, 4) is 12.3 Å². The Bertz CT molecular complexity index is 661. The van der Waals surface area contributed by atoms with E-state index in [2.05, 4.69) is 34.9 Å². The number of piperidine rings is 1. The molecule has 0 amide bonds. The molecule has 20 heavy (non-hydrogen) atoms. The second kappa shape index (κ2) is 5.15. The highest BCUT2D eigenvalue weighted by molar-refractivity contribution is 5.95. The number of terminal acetylenes is 1. The monoisotopic (exact) mass is 265 g/mol. The lowest BCUT2D eigenvalue weighted by atomic mass is 9.95. The van der Waals surface area contributed by atoms with Gasteiger partial charge in [-0.3, -0.25) is 4.98 Å². The fraction of sp³-hybridized carbons (Fsp3) is 0.353. The smallest absolute Gasteiger partial charge is 0.0879 e. The third-order valence-electron chi connectivity index (χ3n) is 3.93. The summed E-state index contributed by atoms with van der Waals surface area (Å²) in [6, 6.07) is 8.36. The quantitative estimate of drug-likeness (QED) is 0.805. The lowest BCUT2D eigenvalue weighted by Gasteiger charge is -2.37. The second-order valence-corrected chi connectivity index (χ2v) is 5.68. The predicted molar refractivity (Wildman–Crippen MR) is 83.6 cm³/mol. The van der Waals surface area contributed by atoms with Crippen LogP contribution in [-0.4, -0.2) is 24.1 Å². The van der Waals surface area contributed by atoms with E-state index in [1.165, 1.54) is 5.69 Å². The highest BCUT2D eigenvalue weighted by Crippen LogP contribution is 2.30. The fourth-order valence-electron chi connectivity index (χ4n) is 3.15. The zero-order valence-electron chi connectivity index (χ0n) is 11.7. The van der Waals surface area contributed by atoms with Crippen molar-refractivity contribution in [2.75, 3.05) is 18.0 Å². The third-order valence-corrected chi connectivity index (χ3v) is 3.93. The van der Waals surface area contributed by atoms with E-state index in [1.807, 2.05) is 12.1 Å². The van der Waals surface area contributed by atoms with Crippen LogP contribution in [0.3, 0.4) is 0 Å². The number of hydrogen-bond donors (Lipinski definition) is 1. The van der Waals surface area contributed by atoms with Crippen molar-refractivity contribution in [2.45, 2.75) is 19.4 Å². The van der Waals surface area contributed by atoms with E-state index >= 15 is 0 Å². The van der Waals surface area contributed by atoms with Crippen molar-refractivity contribution >= 4 is 16.6 Å². The van der Waals surface area contributed by atoms with Gasteiger partial charge in [-0.05, 0) is 36.6 Å². The highest BCUT2D eigenvalue weighted by atomic mass is 15.2. The van der Waals surface area contributed by atoms with E-state index in [4.69, 9.17) is 12.2 Å². The van der Waals surface area contributed by atoms with E-state index in [0.29, 0.717) is 5.92 Å². The number of anilines is 1. The van der Waals surface area contributed by atoms with Gasteiger partial charge in [0, 0.05) is 36.4 Å². The van der Waals surface area contributed by atoms with Gasteiger partial charge in [-0.15, -0.1) is 6.42 Å². The molecule has 3 nitrogen and oxygen atoms in total. The Labute approximate surface area is 119 Å². The van der Waals surface area contributed by atoms with Gasteiger partial charge in [0.1, 0.15) is 0 Å². The van der Waals surface area contributed by atoms with Gasteiger partial charge in [0.15, 0.2) is 0 Å². The van der Waals surface area contributed by atoms with Gasteiger partial charge in [0.25, 0.3) is 0 Å². The van der Waals surface area contributed by atoms with Crippen molar-refractivity contribution in [3.05, 3.63) is 36.0 Å². The third kappa shape index (κ3) is 2.23. The lowest BCUT2D eigenvalue weighted by Crippen LogP contribution is -2.46. The van der Waals surface area contributed by atoms with Gasteiger partial charge in [-0.25, -0.2) is 0 Å². The fourth-order valence-corrected chi connectivity index (χ4v) is 3.15. The normalized spacial score (nSPS) is 22.8. The molecule has 0 radical (unpaired) electrons. The lowest BCUT2D eigenvalue weighted by molar-refractivity contribution is 0.402. The van der Waals surface area contributed by atoms with Crippen molar-refractivity contribution < 1.29 is 0 Å². The van der Waals surface area contributed by atoms with E-state index in [0.717, 1.165) is 36.0 Å². The summed E-state index contributed by atoms with van der Waals surface area (Å²) in [5, 5.41) is 1.12. The first-order chi connectivity index (χ1) is 9.69. The number of fused-ring (bicyclic) bond motifs is 1. The Kier molecular flexibility index (Phi) is 3.33. The van der Waals surface area contributed by atoms with Gasteiger partial charge in [0.05, 0.1) is 11.1 Å². The summed E-state index contributed by atoms with van der Waals surface area (Å²) in [5.41, 5.74) is 9.10. The van der Waals surface area contributed by atoms with Crippen LogP contribution < -0.4 is 10.6 Å². The minimum Gasteiger partial charge on any atom is -0.369 e. The molecule has 3 heteroatoms. The zero-order chi connectivity index (χ0) is 14.1. The molecule has 1 fully saturated rings. The van der Waals surface area contributed by atoms with Crippen LogP contribution in [0.5, 0.6) is 0 Å². The zero-order valence-corrected chi connectivity index (χ0v) is 11.7. The Balaban J connectivity index is 2.11. The SMILES string of the molecule is C#Cc1ccc(N2CC(C)CC(N)C2)c2cccnc12. The van der Waals surface area contributed by atoms with Crippen LogP contribution in [0.25, 0.3) is 10.9 Å². The number of rotatable bonds is 1. The molecule has 2 aromatic rings. The molecule has 1 saturated heterocycles. The minimum absolute atomic E-state index is 0.234. The maximum absolute atomic E-state index is 6.16. The molecular formula is C17H19N3. The van der Waals surface area contributed by atoms with Crippen molar-refractivity contribution in [1.29, 1.82) is 0 Å². The maximum atomic E-state index is 6.16. The highest BCUT2D eigenvalue weighted by Gasteiger charge is 2.23. The van der Waals surface area contributed by atoms with E-state index < -0.39 is 0 Å². The van der Waals surface area contributed by atoms with Crippen molar-refractivity contribution in [1.82, 2.24) is 4.98 Å². The van der Waals surface area contributed by atoms with E-state index in [1.54, 1.807) is 6.20 Å². The molecule has 2 N–H and O–H groups in total. The average molecular weight is 265 g/mol. The molecule has 1 aromatic carbocycles. The molecule has 3 rings (SSSR count). The van der Waals surface area contributed by atoms with Gasteiger partial charge >= 0.3 is 0 Å². The van der Waals surface area contributed by atoms with Crippen LogP contribution >= 0.6 is 0 Å². The molecule has 2 atom stereocenters. The first-order valence-electron chi connectivity index (χ1n) is 7.04. The summed E-state index contributed by atoms with van der Waals surface area (Å²) in [7, 11) is 0. The molecular weight excluding hydrogens is 246 g/mol. The summed E-state index contributed by atoms with van der Waals surface area (Å²) in [4.78, 5) is 6.81. The topological polar surface area (TPSA) is 42.1 Å². The van der Waals surface area contributed by atoms with Crippen LogP contribution in [0.4, 0.5) is 5.69 Å². The Hall–Kier alpha value is -2.05. The Morgan fingerprint density at radius 3 is 2.95 bits per heavy atom. The van der Waals surface area contributed by atoms with Crippen molar-refractivity contribution in [3.63, 3.8) is 0 Å². The summed E-state index contributed by atoms with van der Waals surface area (Å²) in [6.45, 7) is 4.18. The standard InChI is InChI=1S/C17H19N3/c1-3-13-6-7-16(15-5-4-8-19-17(13)15)20-10-12(2)9-14(18)11-20/h1,4-8,12,14H,9-11,18H2,2H3. The number of benzene rings is 1. The first-order valence-corrected chi connectivity index (χ1v) is 7.04. The summed E-state index contributed by atoms with van der Waals surface area (Å²) in [5.74, 6) is 3.32. The summed E-state index contributed by atoms with van der Waals surface area (Å²) in [6.07, 6.45) is 8.45. The largest absolute Gasteiger partial charge is 0.369 e. The van der Waals surface area contributed by atoms with Gasteiger partial charge < -0.3 is 10.6 Å². The predicted octanol–water partition coefficient (Wildman–Crippen LogP) is 2.39. The van der Waals surface area contributed by atoms with Gasteiger partial charge in [-0.2, -0.15) is 0 Å². The summed E-state index contributed by atoms with van der Waals surface area (Å²) >= 11 is 0. The minimum atomic E-state index is 0.234. The van der Waals surface area contributed by atoms with Crippen molar-refractivity contribution in [2.24, 2.45) is 11.7 Å². The molecule has 1 aliphatic heterocycles. The molecule has 0 bridgehead atoms. The molecule has 1 aromatic heterocycles. The number of hydrogen-bond acceptors (Lipinski definition) is 3. The number of pyridine rings is 1. The second-order valence-electron chi connectivity index (χ2n) is 5.68. The van der Waals surface area contributed by atoms with Crippen LogP contribution in [0, 0.1) is 18.3 Å². The molecule has 1 aliphatic rings. The van der Waals surface area contributed by atoms with E-state index in [-0.39, 0.29) is 6.04 Å². The van der Waals surface area contributed by atoms with E-state index in [9.17, 15) is 0 Å². The van der Waals surface area contributed by atoms with Gasteiger partial charge in [-0.1, -0.05) is 12.8 Å². The molecule has 2 heterocycles. The molecule has 102 valence electrons. The Morgan fingerprint density at radius 2 is 2.20 bits per heavy atom. The van der Waals surface area contributed by atoms with Crippen LogP contribution in [0.1, 0.15) is 18.9 Å². The molecule has 0 spiro atoms. The van der Waals surface area contributed by atoms with Crippen LogP contribution in [0.2, 0.25) is 0 Å². The number of aromatic nitrogens is 1. The Morgan fingerprint density at radius 1 is 1.35 bits per heavy atom. The summed E-state index contributed by atoms with van der Waals surface area (Å²) < 4.78 is 0. The molecule has 0 aliphatic carbocycles. The maximum Gasteiger partial charge on any atom is 0.0879 e. The number of nitrogens with two attached hydrogens (primary N) is 1.